The average Bonchev–Trinajstić information content (AvgIpc) is 3.33. The summed E-state index contributed by atoms with van der Waals surface area (Å²) in [4.78, 5) is 12.7. The van der Waals surface area contributed by atoms with E-state index in [2.05, 4.69) is 49.5 Å². The van der Waals surface area contributed by atoms with E-state index in [9.17, 15) is 0 Å². The van der Waals surface area contributed by atoms with E-state index in [1.807, 2.05) is 28.9 Å². The van der Waals surface area contributed by atoms with E-state index in [0.29, 0.717) is 12.3 Å². The van der Waals surface area contributed by atoms with Crippen LogP contribution in [0.2, 0.25) is 0 Å². The number of rotatable bonds is 6. The van der Waals surface area contributed by atoms with Crippen molar-refractivity contribution in [1.82, 2.24) is 34.3 Å². The number of hydrogen-bond acceptors (Lipinski definition) is 6. The highest BCUT2D eigenvalue weighted by molar-refractivity contribution is 5.46. The summed E-state index contributed by atoms with van der Waals surface area (Å²) in [5, 5.41) is 12.1. The van der Waals surface area contributed by atoms with Gasteiger partial charge in [-0.1, -0.05) is 37.3 Å². The van der Waals surface area contributed by atoms with Crippen LogP contribution in [0.15, 0.2) is 55.4 Å². The van der Waals surface area contributed by atoms with Crippen molar-refractivity contribution in [2.45, 2.75) is 25.9 Å². The van der Waals surface area contributed by atoms with E-state index in [-0.39, 0.29) is 6.04 Å². The zero-order valence-corrected chi connectivity index (χ0v) is 13.8. The lowest BCUT2D eigenvalue weighted by atomic mass is 10.1. The van der Waals surface area contributed by atoms with Crippen LogP contribution in [0, 0.1) is 0 Å². The molecular formula is C17H18N8. The predicted octanol–water partition coefficient (Wildman–Crippen LogP) is 2.13. The summed E-state index contributed by atoms with van der Waals surface area (Å²) < 4.78 is 3.53. The Kier molecular flexibility index (Phi) is 4.07. The molecule has 126 valence electrons. The molecule has 0 aliphatic heterocycles. The molecule has 1 N–H and O–H groups in total. The van der Waals surface area contributed by atoms with Crippen LogP contribution in [0.3, 0.4) is 0 Å². The first-order chi connectivity index (χ1) is 12.3. The van der Waals surface area contributed by atoms with E-state index in [0.717, 1.165) is 23.5 Å². The van der Waals surface area contributed by atoms with Gasteiger partial charge >= 0.3 is 0 Å². The van der Waals surface area contributed by atoms with Crippen molar-refractivity contribution < 1.29 is 0 Å². The van der Waals surface area contributed by atoms with E-state index < -0.39 is 0 Å². The molecule has 0 spiro atoms. The summed E-state index contributed by atoms with van der Waals surface area (Å²) in [6.45, 7) is 2.72. The van der Waals surface area contributed by atoms with Gasteiger partial charge in [0.1, 0.15) is 24.8 Å². The molecule has 8 heteroatoms. The molecule has 0 saturated carbocycles. The summed E-state index contributed by atoms with van der Waals surface area (Å²) in [6, 6.07) is 12.3. The van der Waals surface area contributed by atoms with Crippen LogP contribution in [-0.4, -0.2) is 34.3 Å². The molecule has 3 aromatic heterocycles. The van der Waals surface area contributed by atoms with Gasteiger partial charge in [-0.05, 0) is 12.0 Å². The van der Waals surface area contributed by atoms with Gasteiger partial charge in [-0.3, -0.25) is 4.68 Å². The first-order valence-corrected chi connectivity index (χ1v) is 8.17. The van der Waals surface area contributed by atoms with Crippen LogP contribution in [0.4, 0.5) is 5.82 Å². The molecule has 0 unspecified atom stereocenters. The van der Waals surface area contributed by atoms with Crippen LogP contribution in [-0.2, 0) is 13.0 Å². The van der Waals surface area contributed by atoms with Crippen LogP contribution in [0.25, 0.3) is 5.78 Å². The lowest BCUT2D eigenvalue weighted by Gasteiger charge is -2.21. The highest BCUT2D eigenvalue weighted by atomic mass is 15.4. The van der Waals surface area contributed by atoms with E-state index in [1.54, 1.807) is 17.2 Å². The van der Waals surface area contributed by atoms with Crippen molar-refractivity contribution in [3.8, 4) is 0 Å². The fraction of sp³-hybridized carbons (Fsp3) is 0.235. The highest BCUT2D eigenvalue weighted by Crippen LogP contribution is 2.22. The van der Waals surface area contributed by atoms with Crippen molar-refractivity contribution in [2.24, 2.45) is 0 Å². The first kappa shape index (κ1) is 15.3. The van der Waals surface area contributed by atoms with Gasteiger partial charge in [0.05, 0.1) is 12.6 Å². The molecule has 25 heavy (non-hydrogen) atoms. The molecule has 8 nitrogen and oxygen atoms in total. The Labute approximate surface area is 144 Å². The van der Waals surface area contributed by atoms with Crippen molar-refractivity contribution in [3.05, 3.63) is 66.6 Å². The van der Waals surface area contributed by atoms with Gasteiger partial charge in [0.2, 0.25) is 0 Å². The monoisotopic (exact) mass is 334 g/mol. The molecular weight excluding hydrogens is 316 g/mol. The van der Waals surface area contributed by atoms with E-state index >= 15 is 0 Å². The Morgan fingerprint density at radius 2 is 2.00 bits per heavy atom. The molecule has 1 aromatic carbocycles. The Balaban J connectivity index is 1.72. The van der Waals surface area contributed by atoms with Crippen molar-refractivity contribution in [1.29, 1.82) is 0 Å². The Bertz CT molecular complexity index is 945. The van der Waals surface area contributed by atoms with Crippen LogP contribution in [0.1, 0.15) is 24.2 Å². The molecule has 0 bridgehead atoms. The molecule has 0 aliphatic carbocycles. The number of anilines is 1. The maximum absolute atomic E-state index is 4.49. The third-order valence-electron chi connectivity index (χ3n) is 4.03. The zero-order chi connectivity index (χ0) is 17.1. The van der Waals surface area contributed by atoms with Gasteiger partial charge in [-0.25, -0.2) is 9.97 Å². The molecule has 3 heterocycles. The number of benzene rings is 1. The fourth-order valence-corrected chi connectivity index (χ4v) is 2.76. The standard InChI is InChI=1S/C17H18N8/c1-2-14-8-16(25-17(22-14)19-11-21-25)23-15(9-24-12-18-10-20-24)13-6-4-3-5-7-13/h3-8,10-12,15,23H,2,9H2,1H3/t15-/m0/s1. The Hall–Kier alpha value is -3.29. The van der Waals surface area contributed by atoms with Gasteiger partial charge in [-0.15, -0.1) is 0 Å². The second kappa shape index (κ2) is 6.68. The minimum absolute atomic E-state index is 0.00223. The van der Waals surface area contributed by atoms with E-state index in [4.69, 9.17) is 0 Å². The van der Waals surface area contributed by atoms with Crippen molar-refractivity contribution >= 4 is 11.6 Å². The molecule has 1 atom stereocenters. The minimum Gasteiger partial charge on any atom is -0.361 e. The topological polar surface area (TPSA) is 85.8 Å². The fourth-order valence-electron chi connectivity index (χ4n) is 2.76. The first-order valence-electron chi connectivity index (χ1n) is 8.17. The predicted molar refractivity (Wildman–Crippen MR) is 93.0 cm³/mol. The lowest BCUT2D eigenvalue weighted by molar-refractivity contribution is 0.547. The van der Waals surface area contributed by atoms with Crippen molar-refractivity contribution in [3.63, 3.8) is 0 Å². The number of aryl methyl sites for hydroxylation is 1. The zero-order valence-electron chi connectivity index (χ0n) is 13.8. The Morgan fingerprint density at radius 1 is 1.12 bits per heavy atom. The van der Waals surface area contributed by atoms with Gasteiger partial charge in [0.25, 0.3) is 5.78 Å². The largest absolute Gasteiger partial charge is 0.361 e. The summed E-state index contributed by atoms with van der Waals surface area (Å²) in [5.41, 5.74) is 2.12. The summed E-state index contributed by atoms with van der Waals surface area (Å²) >= 11 is 0. The number of nitrogens with one attached hydrogen (secondary N) is 1. The molecule has 0 aliphatic rings. The van der Waals surface area contributed by atoms with Gasteiger partial charge in [-0.2, -0.15) is 19.7 Å². The maximum atomic E-state index is 4.49. The van der Waals surface area contributed by atoms with E-state index in [1.165, 1.54) is 6.33 Å². The number of hydrogen-bond donors (Lipinski definition) is 1. The van der Waals surface area contributed by atoms with Crippen LogP contribution >= 0.6 is 0 Å². The number of fused-ring (bicyclic) bond motifs is 1. The quantitative estimate of drug-likeness (QED) is 0.581. The normalized spacial score (nSPS) is 12.4. The molecule has 4 rings (SSSR count). The SMILES string of the molecule is CCc1cc(N[C@@H](Cn2cncn2)c2ccccc2)n2ncnc2n1. The number of aromatic nitrogens is 7. The Morgan fingerprint density at radius 3 is 2.76 bits per heavy atom. The second-order valence-electron chi connectivity index (χ2n) is 5.68. The molecule has 0 saturated heterocycles. The van der Waals surface area contributed by atoms with Crippen LogP contribution < -0.4 is 5.32 Å². The lowest BCUT2D eigenvalue weighted by Crippen LogP contribution is -2.20. The second-order valence-corrected chi connectivity index (χ2v) is 5.68. The minimum atomic E-state index is 0.00223. The summed E-state index contributed by atoms with van der Waals surface area (Å²) in [5.74, 6) is 1.45. The third kappa shape index (κ3) is 3.18. The summed E-state index contributed by atoms with van der Waals surface area (Å²) in [6.07, 6.45) is 5.60. The summed E-state index contributed by atoms with van der Waals surface area (Å²) in [7, 11) is 0. The number of nitrogens with zero attached hydrogens (tertiary/aromatic N) is 7. The smallest absolute Gasteiger partial charge is 0.254 e. The maximum Gasteiger partial charge on any atom is 0.254 e. The highest BCUT2D eigenvalue weighted by Gasteiger charge is 2.16. The molecule has 0 radical (unpaired) electrons. The van der Waals surface area contributed by atoms with Gasteiger partial charge < -0.3 is 5.32 Å². The molecule has 0 fully saturated rings. The third-order valence-corrected chi connectivity index (χ3v) is 4.03. The average molecular weight is 334 g/mol. The molecule has 0 amide bonds. The molecule has 4 aromatic rings. The van der Waals surface area contributed by atoms with Crippen molar-refractivity contribution in [2.75, 3.05) is 5.32 Å². The van der Waals surface area contributed by atoms with Gasteiger partial charge in [0.15, 0.2) is 0 Å². The van der Waals surface area contributed by atoms with Gasteiger partial charge in [0, 0.05) is 11.8 Å². The van der Waals surface area contributed by atoms with Crippen LogP contribution in [0.5, 0.6) is 0 Å².